The summed E-state index contributed by atoms with van der Waals surface area (Å²) in [6, 6.07) is 7.95. The normalized spacial score (nSPS) is 17.5. The van der Waals surface area contributed by atoms with Gasteiger partial charge in [-0.2, -0.15) is 0 Å². The molecular formula is C20H22BrN3OS. The zero-order chi connectivity index (χ0) is 18.5. The van der Waals surface area contributed by atoms with Gasteiger partial charge < -0.3 is 0 Å². The van der Waals surface area contributed by atoms with Crippen LogP contribution in [-0.2, 0) is 19.4 Å². The van der Waals surface area contributed by atoms with Crippen LogP contribution in [0.15, 0.2) is 33.5 Å². The molecule has 0 aliphatic heterocycles. The second kappa shape index (κ2) is 6.57. The highest BCUT2D eigenvalue weighted by molar-refractivity contribution is 9.10. The van der Waals surface area contributed by atoms with E-state index in [2.05, 4.69) is 47.0 Å². The van der Waals surface area contributed by atoms with Crippen molar-refractivity contribution in [3.05, 3.63) is 55.1 Å². The monoisotopic (exact) mass is 431 g/mol. The Morgan fingerprint density at radius 2 is 2.15 bits per heavy atom. The minimum absolute atomic E-state index is 0.0123. The number of benzene rings is 1. The highest BCUT2D eigenvalue weighted by atomic mass is 79.9. The number of halogens is 1. The molecule has 0 amide bonds. The number of hydrogen-bond donors (Lipinski definition) is 0. The van der Waals surface area contributed by atoms with Gasteiger partial charge in [0.2, 0.25) is 0 Å². The lowest BCUT2D eigenvalue weighted by molar-refractivity contribution is 0.218. The molecule has 0 radical (unpaired) electrons. The van der Waals surface area contributed by atoms with E-state index in [1.165, 1.54) is 15.1 Å². The van der Waals surface area contributed by atoms with Crippen molar-refractivity contribution in [2.75, 3.05) is 0 Å². The highest BCUT2D eigenvalue weighted by Crippen LogP contribution is 2.41. The van der Waals surface area contributed by atoms with Crippen LogP contribution in [0.1, 0.15) is 43.2 Å². The van der Waals surface area contributed by atoms with Gasteiger partial charge in [-0.15, -0.1) is 16.4 Å². The van der Waals surface area contributed by atoms with Gasteiger partial charge in [0.15, 0.2) is 4.83 Å². The lowest BCUT2D eigenvalue weighted by atomic mass is 9.72. The molecule has 26 heavy (non-hydrogen) atoms. The Kier molecular flexibility index (Phi) is 4.51. The van der Waals surface area contributed by atoms with E-state index in [0.717, 1.165) is 39.5 Å². The number of nitrogens with zero attached hydrogens (tertiary/aromatic N) is 3. The van der Waals surface area contributed by atoms with E-state index in [1.54, 1.807) is 11.3 Å². The molecule has 0 unspecified atom stereocenters. The average molecular weight is 432 g/mol. The fourth-order valence-corrected chi connectivity index (χ4v) is 5.46. The second-order valence-corrected chi connectivity index (χ2v) is 10.2. The van der Waals surface area contributed by atoms with Crippen LogP contribution in [-0.4, -0.2) is 15.0 Å². The maximum atomic E-state index is 13.1. The molecule has 0 bridgehead atoms. The van der Waals surface area contributed by atoms with Crippen LogP contribution in [0.5, 0.6) is 0 Å². The molecule has 0 saturated carbocycles. The summed E-state index contributed by atoms with van der Waals surface area (Å²) in [7, 11) is 0. The summed E-state index contributed by atoms with van der Waals surface area (Å²) in [4.78, 5) is 15.2. The molecule has 2 aromatic heterocycles. The molecule has 1 aromatic carbocycles. The first kappa shape index (κ1) is 17.9. The molecule has 0 fully saturated rings. The summed E-state index contributed by atoms with van der Waals surface area (Å²) in [6.07, 6.45) is 3.15. The molecule has 1 aliphatic rings. The molecule has 1 aliphatic carbocycles. The first-order chi connectivity index (χ1) is 12.3. The third-order valence-corrected chi connectivity index (χ3v) is 7.02. The van der Waals surface area contributed by atoms with Crippen LogP contribution in [0.3, 0.4) is 0 Å². The third kappa shape index (κ3) is 3.25. The minimum Gasteiger partial charge on any atom is -0.267 e. The lowest BCUT2D eigenvalue weighted by Gasteiger charge is -2.33. The molecule has 3 aromatic rings. The Balaban J connectivity index is 1.74. The van der Waals surface area contributed by atoms with Crippen molar-refractivity contribution in [1.29, 1.82) is 0 Å². The van der Waals surface area contributed by atoms with Crippen molar-refractivity contribution in [3.63, 3.8) is 0 Å². The molecule has 0 spiro atoms. The molecule has 0 N–H and O–H groups in total. The molecule has 4 rings (SSSR count). The lowest BCUT2D eigenvalue weighted by Crippen LogP contribution is -2.28. The standard InChI is InChI=1S/C20H22BrN3OS/c1-20(2,3)13-7-8-15-16(10-13)26-18-17(15)19(25)24(23-22-18)11-12-5-4-6-14(21)9-12/h4-6,9,13H,7-8,10-11H2,1-3H3/t13-/m0/s1. The van der Waals surface area contributed by atoms with Gasteiger partial charge in [-0.25, -0.2) is 4.68 Å². The van der Waals surface area contributed by atoms with Gasteiger partial charge >= 0.3 is 0 Å². The third-order valence-electron chi connectivity index (χ3n) is 5.38. The minimum atomic E-state index is -0.0123. The van der Waals surface area contributed by atoms with Crippen molar-refractivity contribution < 1.29 is 0 Å². The summed E-state index contributed by atoms with van der Waals surface area (Å²) >= 11 is 5.13. The second-order valence-electron chi connectivity index (χ2n) is 8.17. The maximum Gasteiger partial charge on any atom is 0.279 e. The first-order valence-corrected chi connectivity index (χ1v) is 10.6. The molecule has 136 valence electrons. The van der Waals surface area contributed by atoms with Gasteiger partial charge in [-0.05, 0) is 53.9 Å². The van der Waals surface area contributed by atoms with Crippen LogP contribution in [0, 0.1) is 11.3 Å². The quantitative estimate of drug-likeness (QED) is 0.584. The fourth-order valence-electron chi connectivity index (χ4n) is 3.78. The summed E-state index contributed by atoms with van der Waals surface area (Å²) in [5.74, 6) is 0.653. The smallest absolute Gasteiger partial charge is 0.267 e. The Labute approximate surface area is 165 Å². The largest absolute Gasteiger partial charge is 0.279 e. The van der Waals surface area contributed by atoms with Crippen LogP contribution in [0.4, 0.5) is 0 Å². The van der Waals surface area contributed by atoms with Gasteiger partial charge in [-0.1, -0.05) is 54.0 Å². The fraction of sp³-hybridized carbons (Fsp3) is 0.450. The van der Waals surface area contributed by atoms with Crippen molar-refractivity contribution >= 4 is 37.5 Å². The topological polar surface area (TPSA) is 47.8 Å². The number of thiophene rings is 1. The van der Waals surface area contributed by atoms with E-state index in [1.807, 2.05) is 24.3 Å². The van der Waals surface area contributed by atoms with Crippen LogP contribution in [0.25, 0.3) is 10.2 Å². The van der Waals surface area contributed by atoms with E-state index >= 15 is 0 Å². The molecule has 6 heteroatoms. The summed E-state index contributed by atoms with van der Waals surface area (Å²) in [5.41, 5.74) is 2.53. The van der Waals surface area contributed by atoms with Crippen molar-refractivity contribution in [3.8, 4) is 0 Å². The number of fused-ring (bicyclic) bond motifs is 3. The first-order valence-electron chi connectivity index (χ1n) is 8.95. The Hall–Kier alpha value is -1.53. The zero-order valence-corrected chi connectivity index (χ0v) is 17.7. The van der Waals surface area contributed by atoms with E-state index in [4.69, 9.17) is 0 Å². The number of aryl methyl sites for hydroxylation is 1. The van der Waals surface area contributed by atoms with Crippen LogP contribution in [0.2, 0.25) is 0 Å². The van der Waals surface area contributed by atoms with Gasteiger partial charge in [-0.3, -0.25) is 4.79 Å². The van der Waals surface area contributed by atoms with Gasteiger partial charge in [0.05, 0.1) is 11.9 Å². The Morgan fingerprint density at radius 3 is 2.88 bits per heavy atom. The SMILES string of the molecule is CC(C)(C)[C@H]1CCc2c(sc3nnn(Cc4cccc(Br)c4)c(=O)c23)C1. The molecular weight excluding hydrogens is 410 g/mol. The van der Waals surface area contributed by atoms with Crippen molar-refractivity contribution in [2.24, 2.45) is 11.3 Å². The van der Waals surface area contributed by atoms with Gasteiger partial charge in [0, 0.05) is 9.35 Å². The summed E-state index contributed by atoms with van der Waals surface area (Å²) in [5, 5.41) is 9.36. The highest BCUT2D eigenvalue weighted by Gasteiger charge is 2.31. The van der Waals surface area contributed by atoms with Crippen LogP contribution >= 0.6 is 27.3 Å². The number of rotatable bonds is 2. The van der Waals surface area contributed by atoms with E-state index in [0.29, 0.717) is 17.9 Å². The van der Waals surface area contributed by atoms with Crippen LogP contribution < -0.4 is 5.56 Å². The average Bonchev–Trinajstić information content (AvgIpc) is 2.95. The zero-order valence-electron chi connectivity index (χ0n) is 15.3. The van der Waals surface area contributed by atoms with Crippen molar-refractivity contribution in [1.82, 2.24) is 15.0 Å². The molecule has 4 nitrogen and oxygen atoms in total. The van der Waals surface area contributed by atoms with E-state index in [9.17, 15) is 4.79 Å². The van der Waals surface area contributed by atoms with E-state index in [-0.39, 0.29) is 5.56 Å². The summed E-state index contributed by atoms with van der Waals surface area (Å²) in [6.45, 7) is 7.36. The molecule has 2 heterocycles. The van der Waals surface area contributed by atoms with Gasteiger partial charge in [0.1, 0.15) is 0 Å². The molecule has 0 saturated heterocycles. The predicted octanol–water partition coefficient (Wildman–Crippen LogP) is 4.81. The number of hydrogen-bond acceptors (Lipinski definition) is 4. The Bertz CT molecular complexity index is 1030. The van der Waals surface area contributed by atoms with E-state index < -0.39 is 0 Å². The summed E-state index contributed by atoms with van der Waals surface area (Å²) < 4.78 is 2.49. The Morgan fingerprint density at radius 1 is 1.35 bits per heavy atom. The maximum absolute atomic E-state index is 13.1. The molecule has 1 atom stereocenters. The van der Waals surface area contributed by atoms with Crippen molar-refractivity contribution in [2.45, 2.75) is 46.6 Å². The predicted molar refractivity (Wildman–Crippen MR) is 110 cm³/mol. The van der Waals surface area contributed by atoms with Gasteiger partial charge in [0.25, 0.3) is 5.56 Å². The number of aromatic nitrogens is 3.